The van der Waals surface area contributed by atoms with Gasteiger partial charge in [-0.2, -0.15) is 0 Å². The first-order valence-corrected chi connectivity index (χ1v) is 5.82. The van der Waals surface area contributed by atoms with E-state index in [9.17, 15) is 8.78 Å². The van der Waals surface area contributed by atoms with Gasteiger partial charge in [-0.3, -0.25) is 0 Å². The lowest BCUT2D eigenvalue weighted by molar-refractivity contribution is 0.476. The van der Waals surface area contributed by atoms with Crippen LogP contribution < -0.4 is 5.32 Å². The maximum absolute atomic E-state index is 13.3. The number of nitrogens with one attached hydrogen (secondary N) is 1. The highest BCUT2D eigenvalue weighted by Crippen LogP contribution is 2.33. The van der Waals surface area contributed by atoms with Crippen LogP contribution >= 0.6 is 0 Å². The first-order valence-electron chi connectivity index (χ1n) is 5.82. The molecule has 0 bridgehead atoms. The fourth-order valence-corrected chi connectivity index (χ4v) is 1.90. The normalized spacial score (nSPS) is 17.4. The molecule has 1 N–H and O–H groups in total. The number of halogens is 2. The van der Waals surface area contributed by atoms with Crippen molar-refractivity contribution in [2.45, 2.75) is 38.8 Å². The van der Waals surface area contributed by atoms with E-state index in [4.69, 9.17) is 0 Å². The van der Waals surface area contributed by atoms with Crippen LogP contribution in [0.1, 0.15) is 31.7 Å². The molecule has 1 unspecified atom stereocenters. The molecule has 0 spiro atoms. The van der Waals surface area contributed by atoms with Crippen LogP contribution in [0.2, 0.25) is 0 Å². The largest absolute Gasteiger partial charge is 0.310 e. The van der Waals surface area contributed by atoms with Gasteiger partial charge >= 0.3 is 0 Å². The second kappa shape index (κ2) is 4.91. The minimum atomic E-state index is -0.381. The molecule has 0 aliphatic heterocycles. The molecule has 1 atom stereocenters. The molecule has 0 heterocycles. The zero-order valence-corrected chi connectivity index (χ0v) is 9.47. The van der Waals surface area contributed by atoms with Crippen molar-refractivity contribution in [1.29, 1.82) is 0 Å². The van der Waals surface area contributed by atoms with E-state index in [1.165, 1.54) is 25.0 Å². The highest BCUT2D eigenvalue weighted by molar-refractivity contribution is 5.18. The summed E-state index contributed by atoms with van der Waals surface area (Å²) in [6.45, 7) is 2.49. The van der Waals surface area contributed by atoms with Gasteiger partial charge in [0.2, 0.25) is 0 Å². The van der Waals surface area contributed by atoms with Gasteiger partial charge in [0.25, 0.3) is 0 Å². The first-order chi connectivity index (χ1) is 7.65. The quantitative estimate of drug-likeness (QED) is 0.811. The molecule has 1 fully saturated rings. The SMILES string of the molecule is CC(CC1CC1)NCc1cc(F)ccc1F. The van der Waals surface area contributed by atoms with E-state index in [1.54, 1.807) is 0 Å². The molecular weight excluding hydrogens is 208 g/mol. The summed E-state index contributed by atoms with van der Waals surface area (Å²) in [6.07, 6.45) is 3.78. The molecule has 1 aromatic carbocycles. The highest BCUT2D eigenvalue weighted by atomic mass is 19.1. The van der Waals surface area contributed by atoms with Gasteiger partial charge in [-0.05, 0) is 37.5 Å². The van der Waals surface area contributed by atoms with E-state index in [0.29, 0.717) is 18.2 Å². The van der Waals surface area contributed by atoms with Crippen LogP contribution in [0.4, 0.5) is 8.78 Å². The fraction of sp³-hybridized carbons (Fsp3) is 0.538. The Bertz CT molecular complexity index is 361. The Kier molecular flexibility index (Phi) is 3.54. The van der Waals surface area contributed by atoms with Crippen LogP contribution in [-0.4, -0.2) is 6.04 Å². The topological polar surface area (TPSA) is 12.0 Å². The third kappa shape index (κ3) is 3.27. The van der Waals surface area contributed by atoms with Gasteiger partial charge in [-0.15, -0.1) is 0 Å². The standard InChI is InChI=1S/C13H17F2N/c1-9(6-10-2-3-10)16-8-11-7-12(14)4-5-13(11)15/h4-5,7,9-10,16H,2-3,6,8H2,1H3. The van der Waals surface area contributed by atoms with E-state index >= 15 is 0 Å². The molecule has 0 saturated heterocycles. The zero-order valence-electron chi connectivity index (χ0n) is 9.47. The Labute approximate surface area is 94.9 Å². The van der Waals surface area contributed by atoms with Gasteiger partial charge in [-0.25, -0.2) is 8.78 Å². The summed E-state index contributed by atoms with van der Waals surface area (Å²) >= 11 is 0. The second-order valence-corrected chi connectivity index (χ2v) is 4.70. The summed E-state index contributed by atoms with van der Waals surface area (Å²) in [4.78, 5) is 0. The van der Waals surface area contributed by atoms with Crippen molar-refractivity contribution in [3.05, 3.63) is 35.4 Å². The van der Waals surface area contributed by atoms with Crippen molar-refractivity contribution in [2.75, 3.05) is 0 Å². The fourth-order valence-electron chi connectivity index (χ4n) is 1.90. The Morgan fingerprint density at radius 2 is 2.12 bits per heavy atom. The molecule has 1 aliphatic carbocycles. The maximum atomic E-state index is 13.3. The number of hydrogen-bond acceptors (Lipinski definition) is 1. The molecule has 2 rings (SSSR count). The molecule has 16 heavy (non-hydrogen) atoms. The number of hydrogen-bond donors (Lipinski definition) is 1. The Morgan fingerprint density at radius 3 is 2.81 bits per heavy atom. The molecule has 1 aliphatic rings. The van der Waals surface area contributed by atoms with E-state index in [0.717, 1.165) is 18.4 Å². The second-order valence-electron chi connectivity index (χ2n) is 4.70. The predicted octanol–water partition coefficient (Wildman–Crippen LogP) is 3.24. The van der Waals surface area contributed by atoms with Crippen molar-refractivity contribution in [2.24, 2.45) is 5.92 Å². The summed E-state index contributed by atoms with van der Waals surface area (Å²) in [6, 6.07) is 3.95. The third-order valence-corrected chi connectivity index (χ3v) is 3.03. The highest BCUT2D eigenvalue weighted by Gasteiger charge is 2.23. The number of benzene rings is 1. The van der Waals surface area contributed by atoms with Crippen molar-refractivity contribution < 1.29 is 8.78 Å². The zero-order chi connectivity index (χ0) is 11.5. The van der Waals surface area contributed by atoms with E-state index in [1.807, 2.05) is 0 Å². The monoisotopic (exact) mass is 225 g/mol. The van der Waals surface area contributed by atoms with E-state index in [-0.39, 0.29) is 11.6 Å². The average Bonchev–Trinajstić information content (AvgIpc) is 3.03. The van der Waals surface area contributed by atoms with E-state index < -0.39 is 0 Å². The predicted molar refractivity (Wildman–Crippen MR) is 60.0 cm³/mol. The van der Waals surface area contributed by atoms with Gasteiger partial charge in [0.05, 0.1) is 0 Å². The molecule has 88 valence electrons. The minimum absolute atomic E-state index is 0.340. The summed E-state index contributed by atoms with van der Waals surface area (Å²) in [7, 11) is 0. The van der Waals surface area contributed by atoms with Gasteiger partial charge in [-0.1, -0.05) is 12.8 Å². The van der Waals surface area contributed by atoms with Gasteiger partial charge in [0.15, 0.2) is 0 Å². The molecule has 1 aromatic rings. The van der Waals surface area contributed by atoms with Crippen molar-refractivity contribution >= 4 is 0 Å². The lowest BCUT2D eigenvalue weighted by Gasteiger charge is -2.13. The molecule has 1 nitrogen and oxygen atoms in total. The molecule has 0 radical (unpaired) electrons. The molecule has 3 heteroatoms. The van der Waals surface area contributed by atoms with Gasteiger partial charge < -0.3 is 5.32 Å². The smallest absolute Gasteiger partial charge is 0.127 e. The Morgan fingerprint density at radius 1 is 1.38 bits per heavy atom. The van der Waals surface area contributed by atoms with Gasteiger partial charge in [0.1, 0.15) is 11.6 Å². The summed E-state index contributed by atoms with van der Waals surface area (Å²) in [5, 5.41) is 3.23. The average molecular weight is 225 g/mol. The maximum Gasteiger partial charge on any atom is 0.127 e. The van der Waals surface area contributed by atoms with Crippen LogP contribution in [0, 0.1) is 17.6 Å². The number of rotatable bonds is 5. The molecular formula is C13H17F2N. The first kappa shape index (κ1) is 11.5. The summed E-state index contributed by atoms with van der Waals surface area (Å²) < 4.78 is 26.2. The molecule has 0 amide bonds. The summed E-state index contributed by atoms with van der Waals surface area (Å²) in [5.74, 6) is 0.125. The van der Waals surface area contributed by atoms with Crippen molar-refractivity contribution in [3.8, 4) is 0 Å². The lowest BCUT2D eigenvalue weighted by atomic mass is 10.1. The summed E-state index contributed by atoms with van der Waals surface area (Å²) in [5.41, 5.74) is 0.405. The van der Waals surface area contributed by atoms with Crippen molar-refractivity contribution in [1.82, 2.24) is 5.32 Å². The van der Waals surface area contributed by atoms with Crippen LogP contribution in [0.5, 0.6) is 0 Å². The van der Waals surface area contributed by atoms with Crippen LogP contribution in [0.15, 0.2) is 18.2 Å². The molecule has 0 aromatic heterocycles. The minimum Gasteiger partial charge on any atom is -0.310 e. The molecule has 1 saturated carbocycles. The van der Waals surface area contributed by atoms with Gasteiger partial charge in [0, 0.05) is 18.2 Å². The van der Waals surface area contributed by atoms with E-state index in [2.05, 4.69) is 12.2 Å². The van der Waals surface area contributed by atoms with Crippen LogP contribution in [0.3, 0.4) is 0 Å². The van der Waals surface area contributed by atoms with Crippen LogP contribution in [0.25, 0.3) is 0 Å². The van der Waals surface area contributed by atoms with Crippen molar-refractivity contribution in [3.63, 3.8) is 0 Å². The van der Waals surface area contributed by atoms with Crippen LogP contribution in [-0.2, 0) is 6.54 Å². The third-order valence-electron chi connectivity index (χ3n) is 3.03. The lowest BCUT2D eigenvalue weighted by Crippen LogP contribution is -2.26. The Balaban J connectivity index is 1.85. The Hall–Kier alpha value is -0.960.